The molecule has 1 aromatic rings. The molecule has 7 atom stereocenters. The number of aromatic nitrogens is 2. The molecule has 0 spiro atoms. The van der Waals surface area contributed by atoms with Gasteiger partial charge in [-0.1, -0.05) is 0 Å². The number of phosphoric ester groups is 2. The van der Waals surface area contributed by atoms with Gasteiger partial charge in [-0.25, -0.2) is 9.11 Å². The van der Waals surface area contributed by atoms with E-state index in [9.17, 15) is 33.9 Å². The summed E-state index contributed by atoms with van der Waals surface area (Å²) in [4.78, 5) is 38.4. The van der Waals surface area contributed by atoms with Crippen molar-refractivity contribution in [1.29, 1.82) is 0 Å². The predicted octanol–water partition coefficient (Wildman–Crippen LogP) is -10.2. The van der Waals surface area contributed by atoms with Crippen molar-refractivity contribution in [1.82, 2.24) is 9.55 Å². The van der Waals surface area contributed by atoms with Crippen LogP contribution in [-0.2, 0) is 27.2 Å². The maximum absolute atomic E-state index is 11.8. The SMILES string of the molecule is Nc1ccn(C2OC(COP(=O)([O-])OP(=O)([O-])OCC(O)CO)C(O)C2O)c(=O)n1.[Na+].[Na+]. The second-order valence-corrected chi connectivity index (χ2v) is 8.95. The molecule has 0 saturated carbocycles. The summed E-state index contributed by atoms with van der Waals surface area (Å²) in [7, 11) is -11.0. The Hall–Kier alpha value is 0.740. The molecule has 172 valence electrons. The molecule has 6 N–H and O–H groups in total. The van der Waals surface area contributed by atoms with E-state index >= 15 is 0 Å². The van der Waals surface area contributed by atoms with Crippen LogP contribution in [0.2, 0.25) is 0 Å². The van der Waals surface area contributed by atoms with Crippen LogP contribution >= 0.6 is 15.6 Å². The summed E-state index contributed by atoms with van der Waals surface area (Å²) < 4.78 is 41.3. The molecule has 1 fully saturated rings. The van der Waals surface area contributed by atoms with Gasteiger partial charge in [0.15, 0.2) is 6.23 Å². The third-order valence-corrected chi connectivity index (χ3v) is 6.23. The minimum absolute atomic E-state index is 0. The van der Waals surface area contributed by atoms with E-state index in [1.165, 1.54) is 6.07 Å². The zero-order chi connectivity index (χ0) is 22.7. The smallest absolute Gasteiger partial charge is 0.756 e. The van der Waals surface area contributed by atoms with Crippen molar-refractivity contribution in [2.24, 2.45) is 0 Å². The van der Waals surface area contributed by atoms with Crippen LogP contribution < -0.4 is 80.3 Å². The van der Waals surface area contributed by atoms with Crippen LogP contribution in [0.3, 0.4) is 0 Å². The molecular formula is C12H19N3Na2O13P2. The van der Waals surface area contributed by atoms with Crippen molar-refractivity contribution < 1.29 is 117 Å². The summed E-state index contributed by atoms with van der Waals surface area (Å²) in [5.74, 6) is -0.107. The van der Waals surface area contributed by atoms with E-state index in [1.807, 2.05) is 0 Å². The van der Waals surface area contributed by atoms with Gasteiger partial charge in [-0.05, 0) is 6.07 Å². The Morgan fingerprint density at radius 2 is 1.81 bits per heavy atom. The van der Waals surface area contributed by atoms with Crippen LogP contribution in [0.1, 0.15) is 6.23 Å². The van der Waals surface area contributed by atoms with Crippen LogP contribution in [0.15, 0.2) is 17.1 Å². The first-order valence-corrected chi connectivity index (χ1v) is 11.0. The maximum atomic E-state index is 11.8. The quantitative estimate of drug-likeness (QED) is 0.141. The zero-order valence-corrected chi connectivity index (χ0v) is 22.8. The normalized spacial score (nSPS) is 27.4. The summed E-state index contributed by atoms with van der Waals surface area (Å²) in [5, 5.41) is 37.6. The molecule has 0 aliphatic carbocycles. The number of hydrogen-bond acceptors (Lipinski definition) is 15. The van der Waals surface area contributed by atoms with E-state index < -0.39 is 71.8 Å². The van der Waals surface area contributed by atoms with Crippen molar-refractivity contribution in [2.75, 3.05) is 25.6 Å². The molecule has 1 saturated heterocycles. The van der Waals surface area contributed by atoms with Crippen LogP contribution in [0, 0.1) is 0 Å². The molecule has 2 heterocycles. The topological polar surface area (TPSA) is 259 Å². The number of aliphatic hydroxyl groups excluding tert-OH is 4. The Bertz CT molecular complexity index is 892. The van der Waals surface area contributed by atoms with Crippen molar-refractivity contribution in [2.45, 2.75) is 30.6 Å². The second-order valence-electron chi connectivity index (χ2n) is 5.99. The molecule has 1 aromatic heterocycles. The van der Waals surface area contributed by atoms with Crippen molar-refractivity contribution in [3.63, 3.8) is 0 Å². The molecule has 20 heteroatoms. The predicted molar refractivity (Wildman–Crippen MR) is 90.1 cm³/mol. The summed E-state index contributed by atoms with van der Waals surface area (Å²) in [6.45, 7) is -2.82. The first-order chi connectivity index (χ1) is 13.8. The number of rotatable bonds is 10. The molecule has 1 aliphatic rings. The number of anilines is 1. The Balaban J connectivity index is 0.00000480. The zero-order valence-electron chi connectivity index (χ0n) is 17.0. The van der Waals surface area contributed by atoms with Gasteiger partial charge in [0.25, 0.3) is 15.6 Å². The maximum Gasteiger partial charge on any atom is 1.00 e. The average molecular weight is 521 g/mol. The molecule has 0 radical (unpaired) electrons. The molecule has 0 aromatic carbocycles. The number of nitrogen functional groups attached to an aromatic ring is 1. The first-order valence-electron chi connectivity index (χ1n) is 8.13. The van der Waals surface area contributed by atoms with Gasteiger partial charge >= 0.3 is 64.8 Å². The number of aliphatic hydroxyl groups is 4. The minimum atomic E-state index is -5.55. The third-order valence-electron chi connectivity index (χ3n) is 3.70. The van der Waals surface area contributed by atoms with Crippen LogP contribution in [0.25, 0.3) is 0 Å². The van der Waals surface area contributed by atoms with Gasteiger partial charge in [-0.2, -0.15) is 4.98 Å². The Morgan fingerprint density at radius 3 is 2.38 bits per heavy atom. The summed E-state index contributed by atoms with van der Waals surface area (Å²) in [6.07, 6.45) is -6.87. The van der Waals surface area contributed by atoms with Crippen molar-refractivity contribution >= 4 is 21.5 Å². The van der Waals surface area contributed by atoms with Crippen molar-refractivity contribution in [3.05, 3.63) is 22.7 Å². The molecule has 0 amide bonds. The minimum Gasteiger partial charge on any atom is -0.756 e. The summed E-state index contributed by atoms with van der Waals surface area (Å²) >= 11 is 0. The molecule has 7 unspecified atom stereocenters. The number of nitrogens with zero attached hydrogens (tertiary/aromatic N) is 2. The van der Waals surface area contributed by atoms with E-state index in [0.717, 1.165) is 10.8 Å². The molecule has 16 nitrogen and oxygen atoms in total. The fraction of sp³-hybridized carbons (Fsp3) is 0.667. The standard InChI is InChI=1S/C12H21N3O13P2.2Na/c13-8-1-2-15(12(20)14-8)11-10(19)9(18)7(27-11)5-26-30(23,24)28-29(21,22)25-4-6(17)3-16;;/h1-2,6-7,9-11,16-19H,3-5H2,(H,21,22)(H,23,24)(H2,13,14,20);;/q;2*+1/p-2. The Labute approximate surface area is 225 Å². The van der Waals surface area contributed by atoms with Gasteiger partial charge in [0.1, 0.15) is 30.2 Å². The first kappa shape index (κ1) is 32.7. The molecular weight excluding hydrogens is 502 g/mol. The number of phosphoric acid groups is 2. The van der Waals surface area contributed by atoms with E-state index in [2.05, 4.69) is 18.3 Å². The van der Waals surface area contributed by atoms with Gasteiger partial charge < -0.3 is 49.7 Å². The average Bonchev–Trinajstić information content (AvgIpc) is 2.92. The number of ether oxygens (including phenoxy) is 1. The van der Waals surface area contributed by atoms with E-state index in [1.54, 1.807) is 0 Å². The fourth-order valence-electron chi connectivity index (χ4n) is 2.28. The number of nitrogens with two attached hydrogens (primary N) is 1. The van der Waals surface area contributed by atoms with E-state index in [-0.39, 0.29) is 64.9 Å². The van der Waals surface area contributed by atoms with Gasteiger partial charge in [0.2, 0.25) is 0 Å². The Morgan fingerprint density at radius 1 is 1.22 bits per heavy atom. The monoisotopic (exact) mass is 521 g/mol. The molecule has 32 heavy (non-hydrogen) atoms. The Kier molecular flexibility index (Phi) is 14.0. The van der Waals surface area contributed by atoms with Gasteiger partial charge in [-0.15, -0.1) is 0 Å². The van der Waals surface area contributed by atoms with Crippen LogP contribution in [0.4, 0.5) is 5.82 Å². The second kappa shape index (κ2) is 13.7. The molecule has 2 rings (SSSR count). The van der Waals surface area contributed by atoms with Gasteiger partial charge in [0.05, 0.1) is 19.8 Å². The fourth-order valence-corrected chi connectivity index (χ4v) is 4.32. The summed E-state index contributed by atoms with van der Waals surface area (Å²) in [5.41, 5.74) is 4.43. The summed E-state index contributed by atoms with van der Waals surface area (Å²) in [6, 6.07) is 1.22. The molecule has 1 aliphatic heterocycles. The van der Waals surface area contributed by atoms with Crippen LogP contribution in [0.5, 0.6) is 0 Å². The van der Waals surface area contributed by atoms with Gasteiger partial charge in [-0.3, -0.25) is 13.7 Å². The largest absolute Gasteiger partial charge is 1.00 e. The van der Waals surface area contributed by atoms with Crippen LogP contribution in [-0.4, -0.2) is 74.2 Å². The third kappa shape index (κ3) is 9.41. The molecule has 0 bridgehead atoms. The van der Waals surface area contributed by atoms with E-state index in [0.29, 0.717) is 0 Å². The van der Waals surface area contributed by atoms with Crippen molar-refractivity contribution in [3.8, 4) is 0 Å². The van der Waals surface area contributed by atoms with E-state index in [4.69, 9.17) is 20.7 Å². The van der Waals surface area contributed by atoms with Gasteiger partial charge in [0, 0.05) is 6.20 Å². The number of hydrogen-bond donors (Lipinski definition) is 5.